The fraction of sp³-hybridized carbons (Fsp3) is 0.316. The van der Waals surface area contributed by atoms with Crippen molar-refractivity contribution >= 4 is 23.3 Å². The lowest BCUT2D eigenvalue weighted by Crippen LogP contribution is -2.51. The van der Waals surface area contributed by atoms with Gasteiger partial charge in [-0.3, -0.25) is 14.4 Å². The molecule has 1 saturated heterocycles. The summed E-state index contributed by atoms with van der Waals surface area (Å²) >= 11 is 0. The number of rotatable bonds is 6. The molecule has 0 radical (unpaired) electrons. The highest BCUT2D eigenvalue weighted by molar-refractivity contribution is 6.42. The summed E-state index contributed by atoms with van der Waals surface area (Å²) in [7, 11) is 1.63. The molecule has 1 aliphatic rings. The molecule has 1 aliphatic heterocycles. The number of anilines is 1. The summed E-state index contributed by atoms with van der Waals surface area (Å²) in [4.78, 5) is 39.8. The molecule has 0 spiro atoms. The van der Waals surface area contributed by atoms with Crippen LogP contribution in [0.25, 0.3) is 0 Å². The van der Waals surface area contributed by atoms with Gasteiger partial charge in [-0.15, -0.1) is 0 Å². The van der Waals surface area contributed by atoms with Crippen LogP contribution in [-0.2, 0) is 9.59 Å². The summed E-state index contributed by atoms with van der Waals surface area (Å²) in [5.41, 5.74) is 1.04. The van der Waals surface area contributed by atoms with Crippen molar-refractivity contribution in [1.82, 2.24) is 10.2 Å². The highest BCUT2D eigenvalue weighted by Crippen LogP contribution is 2.22. The van der Waals surface area contributed by atoms with Crippen LogP contribution in [0.1, 0.15) is 10.6 Å². The molecule has 2 aromatic rings. The number of ketones is 1. The van der Waals surface area contributed by atoms with Gasteiger partial charge in [0.25, 0.3) is 11.7 Å². The number of Topliss-reactive ketones (excluding diaryl/α,β-unsaturated/α-hetero) is 1. The first kappa shape index (κ1) is 18.5. The summed E-state index contributed by atoms with van der Waals surface area (Å²) in [5.74, 6) is -1.13. The standard InChI is InChI=1S/C19H21N3O5/c1-26-15-5-2-4-14(12-15)21-7-9-22(10-8-21)17(23)13-20-19(25)18(24)16-6-3-11-27-16/h2-6,11-12H,7-10,13H2,1H3,(H,20,25). The maximum Gasteiger partial charge on any atom is 0.296 e. The topological polar surface area (TPSA) is 92.1 Å². The van der Waals surface area contributed by atoms with Crippen LogP contribution < -0.4 is 15.0 Å². The van der Waals surface area contributed by atoms with Gasteiger partial charge in [-0.1, -0.05) is 6.07 Å². The molecule has 1 aromatic heterocycles. The number of carbonyl (C=O) groups excluding carboxylic acids is 3. The van der Waals surface area contributed by atoms with Gasteiger partial charge in [0.15, 0.2) is 5.76 Å². The second-order valence-corrected chi connectivity index (χ2v) is 6.06. The Morgan fingerprint density at radius 2 is 1.89 bits per heavy atom. The smallest absolute Gasteiger partial charge is 0.296 e. The second-order valence-electron chi connectivity index (χ2n) is 6.06. The van der Waals surface area contributed by atoms with Crippen LogP contribution in [0.2, 0.25) is 0 Å². The van der Waals surface area contributed by atoms with Crippen molar-refractivity contribution in [3.63, 3.8) is 0 Å². The molecule has 0 unspecified atom stereocenters. The Balaban J connectivity index is 1.47. The molecule has 3 rings (SSSR count). The first-order chi connectivity index (χ1) is 13.1. The molecular weight excluding hydrogens is 350 g/mol. The minimum absolute atomic E-state index is 0.0492. The van der Waals surface area contributed by atoms with Gasteiger partial charge in [-0.25, -0.2) is 0 Å². The van der Waals surface area contributed by atoms with E-state index in [2.05, 4.69) is 10.2 Å². The number of hydrogen-bond donors (Lipinski definition) is 1. The van der Waals surface area contributed by atoms with Crippen molar-refractivity contribution in [3.8, 4) is 5.75 Å². The molecule has 0 aliphatic carbocycles. The number of furan rings is 1. The normalized spacial score (nSPS) is 14.0. The summed E-state index contributed by atoms with van der Waals surface area (Å²) < 4.78 is 10.1. The molecule has 1 fully saturated rings. The van der Waals surface area contributed by atoms with Gasteiger partial charge >= 0.3 is 0 Å². The SMILES string of the molecule is COc1cccc(N2CCN(C(=O)CNC(=O)C(=O)c3ccco3)CC2)c1. The minimum Gasteiger partial charge on any atom is -0.497 e. The van der Waals surface area contributed by atoms with E-state index in [4.69, 9.17) is 9.15 Å². The van der Waals surface area contributed by atoms with Gasteiger partial charge in [0.2, 0.25) is 5.91 Å². The molecular formula is C19H21N3O5. The fourth-order valence-electron chi connectivity index (χ4n) is 2.89. The average Bonchev–Trinajstić information content (AvgIpc) is 3.26. The molecule has 0 bridgehead atoms. The van der Waals surface area contributed by atoms with Crippen LogP contribution in [0.15, 0.2) is 47.1 Å². The number of hydrogen-bond acceptors (Lipinski definition) is 6. The maximum atomic E-state index is 12.3. The Labute approximate surface area is 156 Å². The third-order valence-electron chi connectivity index (χ3n) is 4.40. The van der Waals surface area contributed by atoms with Crippen LogP contribution in [0.5, 0.6) is 5.75 Å². The number of nitrogens with zero attached hydrogens (tertiary/aromatic N) is 2. The highest BCUT2D eigenvalue weighted by atomic mass is 16.5. The number of piperazine rings is 1. The van der Waals surface area contributed by atoms with Crippen molar-refractivity contribution < 1.29 is 23.5 Å². The lowest BCUT2D eigenvalue weighted by molar-refractivity contribution is -0.132. The van der Waals surface area contributed by atoms with Gasteiger partial charge in [0, 0.05) is 37.9 Å². The van der Waals surface area contributed by atoms with Gasteiger partial charge in [-0.2, -0.15) is 0 Å². The zero-order valence-corrected chi connectivity index (χ0v) is 15.0. The maximum absolute atomic E-state index is 12.3. The number of benzene rings is 1. The first-order valence-electron chi connectivity index (χ1n) is 8.61. The van der Waals surface area contributed by atoms with Crippen LogP contribution in [0.3, 0.4) is 0 Å². The monoisotopic (exact) mass is 371 g/mol. The Bertz CT molecular complexity index is 811. The predicted molar refractivity (Wildman–Crippen MR) is 97.8 cm³/mol. The van der Waals surface area contributed by atoms with Gasteiger partial charge in [0.05, 0.1) is 19.9 Å². The van der Waals surface area contributed by atoms with E-state index in [1.807, 2.05) is 24.3 Å². The largest absolute Gasteiger partial charge is 0.497 e. The van der Waals surface area contributed by atoms with Gasteiger partial charge < -0.3 is 24.3 Å². The number of methoxy groups -OCH3 is 1. The average molecular weight is 371 g/mol. The van der Waals surface area contributed by atoms with E-state index in [-0.39, 0.29) is 18.2 Å². The molecule has 2 heterocycles. The van der Waals surface area contributed by atoms with Crippen LogP contribution in [-0.4, -0.2) is 62.3 Å². The third-order valence-corrected chi connectivity index (χ3v) is 4.40. The quantitative estimate of drug-likeness (QED) is 0.600. The summed E-state index contributed by atoms with van der Waals surface area (Å²) in [6.07, 6.45) is 1.31. The lowest BCUT2D eigenvalue weighted by atomic mass is 10.2. The lowest BCUT2D eigenvalue weighted by Gasteiger charge is -2.36. The molecule has 2 amide bonds. The van der Waals surface area contributed by atoms with Gasteiger partial charge in [-0.05, 0) is 24.3 Å². The van der Waals surface area contributed by atoms with Crippen molar-refractivity contribution in [2.45, 2.75) is 0 Å². The Kier molecular flexibility index (Phi) is 5.75. The van der Waals surface area contributed by atoms with Crippen molar-refractivity contribution in [2.75, 3.05) is 44.7 Å². The van der Waals surface area contributed by atoms with E-state index in [0.29, 0.717) is 26.2 Å². The summed E-state index contributed by atoms with van der Waals surface area (Å²) in [6, 6.07) is 10.7. The Morgan fingerprint density at radius 1 is 1.11 bits per heavy atom. The van der Waals surface area contributed by atoms with E-state index in [9.17, 15) is 14.4 Å². The number of nitrogens with one attached hydrogen (secondary N) is 1. The fourth-order valence-corrected chi connectivity index (χ4v) is 2.89. The van der Waals surface area contributed by atoms with Gasteiger partial charge in [0.1, 0.15) is 5.75 Å². The summed E-state index contributed by atoms with van der Waals surface area (Å²) in [5, 5.41) is 2.36. The Hall–Kier alpha value is -3.29. The molecule has 27 heavy (non-hydrogen) atoms. The first-order valence-corrected chi connectivity index (χ1v) is 8.61. The second kappa shape index (κ2) is 8.39. The summed E-state index contributed by atoms with van der Waals surface area (Å²) in [6.45, 7) is 2.22. The van der Waals surface area contributed by atoms with Crippen molar-refractivity contribution in [3.05, 3.63) is 48.4 Å². The van der Waals surface area contributed by atoms with Crippen LogP contribution >= 0.6 is 0 Å². The minimum atomic E-state index is -0.853. The zero-order valence-electron chi connectivity index (χ0n) is 15.0. The van der Waals surface area contributed by atoms with Crippen LogP contribution in [0, 0.1) is 0 Å². The molecule has 8 nitrogen and oxygen atoms in total. The van der Waals surface area contributed by atoms with Crippen molar-refractivity contribution in [2.24, 2.45) is 0 Å². The number of amides is 2. The van der Waals surface area contributed by atoms with Crippen LogP contribution in [0.4, 0.5) is 5.69 Å². The highest BCUT2D eigenvalue weighted by Gasteiger charge is 2.24. The zero-order chi connectivity index (χ0) is 19.2. The van der Waals surface area contributed by atoms with E-state index in [1.54, 1.807) is 12.0 Å². The molecule has 0 saturated carbocycles. The van der Waals surface area contributed by atoms with Crippen molar-refractivity contribution in [1.29, 1.82) is 0 Å². The third kappa shape index (κ3) is 4.46. The Morgan fingerprint density at radius 3 is 2.56 bits per heavy atom. The van der Waals surface area contributed by atoms with E-state index in [0.717, 1.165) is 11.4 Å². The predicted octanol–water partition coefficient (Wildman–Crippen LogP) is 0.936. The van der Waals surface area contributed by atoms with E-state index >= 15 is 0 Å². The number of ether oxygens (including phenoxy) is 1. The molecule has 8 heteroatoms. The van der Waals surface area contributed by atoms with E-state index < -0.39 is 11.7 Å². The molecule has 0 atom stereocenters. The molecule has 142 valence electrons. The molecule has 1 aromatic carbocycles. The number of carbonyl (C=O) groups is 3. The van der Waals surface area contributed by atoms with E-state index in [1.165, 1.54) is 18.4 Å². The molecule has 1 N–H and O–H groups in total.